The summed E-state index contributed by atoms with van der Waals surface area (Å²) in [6.07, 6.45) is 1.37. The first kappa shape index (κ1) is 11.8. The highest BCUT2D eigenvalue weighted by molar-refractivity contribution is 7.20. The molecule has 19 heavy (non-hydrogen) atoms. The molecule has 0 aliphatic rings. The third-order valence-electron chi connectivity index (χ3n) is 2.61. The summed E-state index contributed by atoms with van der Waals surface area (Å²) in [6.45, 7) is 0.259. The number of carbonyl (C=O) groups is 1. The summed E-state index contributed by atoms with van der Waals surface area (Å²) in [6, 6.07) is 6.36. The largest absolute Gasteiger partial charge is 0.344 e. The molecule has 0 saturated heterocycles. The molecule has 0 atom stereocenters. The summed E-state index contributed by atoms with van der Waals surface area (Å²) in [7, 11) is 0. The number of halogens is 1. The van der Waals surface area contributed by atoms with Crippen LogP contribution in [0.5, 0.6) is 0 Å². The molecule has 2 N–H and O–H groups in total. The Morgan fingerprint density at radius 1 is 1.47 bits per heavy atom. The molecular formula is C12H9FN4OS. The molecule has 0 aliphatic heterocycles. The van der Waals surface area contributed by atoms with Gasteiger partial charge < -0.3 is 5.32 Å². The second-order valence-electron chi connectivity index (χ2n) is 3.88. The monoisotopic (exact) mass is 276 g/mol. The number of H-pyrrole nitrogens is 1. The zero-order chi connectivity index (χ0) is 13.2. The number of nitrogens with zero attached hydrogens (tertiary/aromatic N) is 2. The molecule has 0 unspecified atom stereocenters. The number of hydrogen-bond donors (Lipinski definition) is 2. The van der Waals surface area contributed by atoms with Gasteiger partial charge in [0.15, 0.2) is 0 Å². The van der Waals surface area contributed by atoms with Gasteiger partial charge >= 0.3 is 0 Å². The van der Waals surface area contributed by atoms with Crippen molar-refractivity contribution in [2.24, 2.45) is 0 Å². The SMILES string of the molecule is O=C(NCc1ncn[nH]1)c1cc2c(F)cccc2s1. The Morgan fingerprint density at radius 2 is 2.37 bits per heavy atom. The fraction of sp³-hybridized carbons (Fsp3) is 0.0833. The summed E-state index contributed by atoms with van der Waals surface area (Å²) < 4.78 is 14.3. The van der Waals surface area contributed by atoms with E-state index in [2.05, 4.69) is 20.5 Å². The highest BCUT2D eigenvalue weighted by Gasteiger charge is 2.12. The third-order valence-corrected chi connectivity index (χ3v) is 3.71. The third kappa shape index (κ3) is 2.32. The Bertz CT molecular complexity index is 722. The van der Waals surface area contributed by atoms with Crippen LogP contribution in [0.1, 0.15) is 15.5 Å². The lowest BCUT2D eigenvalue weighted by Crippen LogP contribution is -2.22. The summed E-state index contributed by atoms with van der Waals surface area (Å²) in [5.41, 5.74) is 0. The van der Waals surface area contributed by atoms with Crippen LogP contribution in [0.15, 0.2) is 30.6 Å². The minimum atomic E-state index is -0.317. The molecule has 5 nitrogen and oxygen atoms in total. The standard InChI is InChI=1S/C12H9FN4OS/c13-8-2-1-3-9-7(8)4-10(19-9)12(18)14-5-11-15-6-16-17-11/h1-4,6H,5H2,(H,14,18)(H,15,16,17). The van der Waals surface area contributed by atoms with Crippen LogP contribution in [0.3, 0.4) is 0 Å². The summed E-state index contributed by atoms with van der Waals surface area (Å²) >= 11 is 1.26. The average molecular weight is 276 g/mol. The molecule has 0 spiro atoms. The maximum absolute atomic E-state index is 13.5. The lowest BCUT2D eigenvalue weighted by Gasteiger charge is -1.99. The number of amides is 1. The zero-order valence-corrected chi connectivity index (χ0v) is 10.5. The number of aromatic nitrogens is 3. The van der Waals surface area contributed by atoms with Crippen molar-refractivity contribution in [1.82, 2.24) is 20.5 Å². The second kappa shape index (κ2) is 4.77. The van der Waals surface area contributed by atoms with Crippen molar-refractivity contribution >= 4 is 27.3 Å². The molecule has 3 aromatic rings. The summed E-state index contributed by atoms with van der Waals surface area (Å²) in [5, 5.41) is 9.50. The van der Waals surface area contributed by atoms with Crippen LogP contribution in [0.4, 0.5) is 4.39 Å². The smallest absolute Gasteiger partial charge is 0.261 e. The van der Waals surface area contributed by atoms with Crippen molar-refractivity contribution in [1.29, 1.82) is 0 Å². The first-order chi connectivity index (χ1) is 9.24. The first-order valence-corrected chi connectivity index (χ1v) is 6.36. The van der Waals surface area contributed by atoms with Crippen molar-refractivity contribution in [3.8, 4) is 0 Å². The number of rotatable bonds is 3. The Labute approximate surface area is 111 Å². The van der Waals surface area contributed by atoms with Crippen molar-refractivity contribution < 1.29 is 9.18 Å². The van der Waals surface area contributed by atoms with Crippen LogP contribution in [0.25, 0.3) is 10.1 Å². The summed E-state index contributed by atoms with van der Waals surface area (Å²) in [4.78, 5) is 16.3. The molecular weight excluding hydrogens is 267 g/mol. The number of thiophene rings is 1. The quantitative estimate of drug-likeness (QED) is 0.769. The van der Waals surface area contributed by atoms with Gasteiger partial charge in [-0.15, -0.1) is 11.3 Å². The van der Waals surface area contributed by atoms with Crippen LogP contribution in [-0.4, -0.2) is 21.1 Å². The van der Waals surface area contributed by atoms with Gasteiger partial charge in [0.1, 0.15) is 18.0 Å². The lowest BCUT2D eigenvalue weighted by molar-refractivity contribution is 0.0954. The zero-order valence-electron chi connectivity index (χ0n) is 9.68. The topological polar surface area (TPSA) is 70.7 Å². The van der Waals surface area contributed by atoms with E-state index in [0.29, 0.717) is 16.1 Å². The normalized spacial score (nSPS) is 10.8. The van der Waals surface area contributed by atoms with E-state index in [1.165, 1.54) is 23.7 Å². The van der Waals surface area contributed by atoms with Crippen LogP contribution in [0, 0.1) is 5.82 Å². The highest BCUT2D eigenvalue weighted by Crippen LogP contribution is 2.27. The molecule has 0 saturated carbocycles. The minimum Gasteiger partial charge on any atom is -0.344 e. The number of aromatic amines is 1. The molecule has 0 aliphatic carbocycles. The van der Waals surface area contributed by atoms with Gasteiger partial charge in [0.2, 0.25) is 0 Å². The van der Waals surface area contributed by atoms with Crippen molar-refractivity contribution in [3.63, 3.8) is 0 Å². The molecule has 2 heterocycles. The summed E-state index contributed by atoms with van der Waals surface area (Å²) in [5.74, 6) is 0.000626. The molecule has 0 bridgehead atoms. The van der Waals surface area contributed by atoms with Crippen LogP contribution in [-0.2, 0) is 6.54 Å². The van der Waals surface area contributed by atoms with E-state index in [0.717, 1.165) is 4.70 Å². The van der Waals surface area contributed by atoms with E-state index >= 15 is 0 Å². The fourth-order valence-electron chi connectivity index (χ4n) is 1.70. The molecule has 0 radical (unpaired) electrons. The highest BCUT2D eigenvalue weighted by atomic mass is 32.1. The van der Waals surface area contributed by atoms with Gasteiger partial charge in [0.05, 0.1) is 11.4 Å². The van der Waals surface area contributed by atoms with Gasteiger partial charge in [-0.2, -0.15) is 5.10 Å². The first-order valence-electron chi connectivity index (χ1n) is 5.54. The number of carbonyl (C=O) groups excluding carboxylic acids is 1. The van der Waals surface area contributed by atoms with Gasteiger partial charge in [-0.05, 0) is 18.2 Å². The molecule has 3 rings (SSSR count). The van der Waals surface area contributed by atoms with Crippen molar-refractivity contribution in [2.45, 2.75) is 6.54 Å². The van der Waals surface area contributed by atoms with Gasteiger partial charge in [0.25, 0.3) is 5.91 Å². The molecule has 2 aromatic heterocycles. The van der Waals surface area contributed by atoms with Crippen LogP contribution in [0.2, 0.25) is 0 Å². The molecule has 0 fully saturated rings. The van der Waals surface area contributed by atoms with Crippen LogP contribution >= 0.6 is 11.3 Å². The molecule has 1 amide bonds. The van der Waals surface area contributed by atoms with E-state index < -0.39 is 0 Å². The number of fused-ring (bicyclic) bond motifs is 1. The van der Waals surface area contributed by atoms with Crippen molar-refractivity contribution in [3.05, 3.63) is 47.1 Å². The Hall–Kier alpha value is -2.28. The predicted molar refractivity (Wildman–Crippen MR) is 69.3 cm³/mol. The number of hydrogen-bond acceptors (Lipinski definition) is 4. The van der Waals surface area contributed by atoms with E-state index in [1.54, 1.807) is 18.2 Å². The maximum Gasteiger partial charge on any atom is 0.261 e. The Kier molecular flexibility index (Phi) is 2.96. The minimum absolute atomic E-state index is 0.253. The average Bonchev–Trinajstić information content (AvgIpc) is 3.05. The molecule has 7 heteroatoms. The van der Waals surface area contributed by atoms with E-state index in [4.69, 9.17) is 0 Å². The number of benzene rings is 1. The molecule has 1 aromatic carbocycles. The maximum atomic E-state index is 13.5. The van der Waals surface area contributed by atoms with E-state index in [9.17, 15) is 9.18 Å². The van der Waals surface area contributed by atoms with Crippen molar-refractivity contribution in [2.75, 3.05) is 0 Å². The van der Waals surface area contributed by atoms with Gasteiger partial charge in [-0.3, -0.25) is 9.89 Å². The van der Waals surface area contributed by atoms with E-state index in [1.807, 2.05) is 0 Å². The van der Waals surface area contributed by atoms with Gasteiger partial charge in [-0.25, -0.2) is 9.37 Å². The predicted octanol–water partition coefficient (Wildman–Crippen LogP) is 2.09. The van der Waals surface area contributed by atoms with Gasteiger partial charge in [-0.1, -0.05) is 6.07 Å². The van der Waals surface area contributed by atoms with Crippen LogP contribution < -0.4 is 5.32 Å². The Morgan fingerprint density at radius 3 is 3.11 bits per heavy atom. The lowest BCUT2D eigenvalue weighted by atomic mass is 10.2. The fourth-order valence-corrected chi connectivity index (χ4v) is 2.70. The Balaban J connectivity index is 1.80. The molecule has 96 valence electrons. The van der Waals surface area contributed by atoms with E-state index in [-0.39, 0.29) is 18.3 Å². The number of nitrogens with one attached hydrogen (secondary N) is 2. The van der Waals surface area contributed by atoms with Gasteiger partial charge in [0, 0.05) is 10.1 Å². The second-order valence-corrected chi connectivity index (χ2v) is 4.96.